The van der Waals surface area contributed by atoms with E-state index in [-0.39, 0.29) is 5.56 Å². The average molecular weight is 301 g/mol. The number of rotatable bonds is 3. The summed E-state index contributed by atoms with van der Waals surface area (Å²) in [6, 6.07) is 10.7. The van der Waals surface area contributed by atoms with E-state index in [0.29, 0.717) is 11.4 Å². The quantitative estimate of drug-likeness (QED) is 0.749. The number of carbonyl (C=O) groups is 3. The Morgan fingerprint density at radius 2 is 1.18 bits per heavy atom. The van der Waals surface area contributed by atoms with E-state index in [1.165, 1.54) is 36.4 Å². The predicted molar refractivity (Wildman–Crippen MR) is 78.6 cm³/mol. The highest BCUT2D eigenvalue weighted by Gasteiger charge is 2.14. The van der Waals surface area contributed by atoms with Gasteiger partial charge in [-0.1, -0.05) is 0 Å². The Morgan fingerprint density at radius 1 is 0.773 bits per heavy atom. The SMILES string of the molecule is NC(=O)c1ccc(NC(=O)C(=O)Nc2ccc(F)cc2)cc1. The number of carbonyl (C=O) groups excluding carboxylic acids is 3. The Balaban J connectivity index is 1.97. The first-order chi connectivity index (χ1) is 10.5. The molecule has 6 nitrogen and oxygen atoms in total. The number of hydrogen-bond donors (Lipinski definition) is 3. The molecule has 4 N–H and O–H groups in total. The first kappa shape index (κ1) is 15.2. The Labute approximate surface area is 125 Å². The van der Waals surface area contributed by atoms with E-state index in [4.69, 9.17) is 5.73 Å². The summed E-state index contributed by atoms with van der Waals surface area (Å²) in [4.78, 5) is 34.3. The van der Waals surface area contributed by atoms with Gasteiger partial charge in [0.05, 0.1) is 0 Å². The van der Waals surface area contributed by atoms with Crippen LogP contribution < -0.4 is 16.4 Å². The fourth-order valence-electron chi connectivity index (χ4n) is 1.63. The molecule has 2 aromatic carbocycles. The van der Waals surface area contributed by atoms with Crippen LogP contribution in [0.2, 0.25) is 0 Å². The highest BCUT2D eigenvalue weighted by molar-refractivity contribution is 6.43. The second kappa shape index (κ2) is 6.49. The zero-order chi connectivity index (χ0) is 16.1. The largest absolute Gasteiger partial charge is 0.366 e. The molecule has 22 heavy (non-hydrogen) atoms. The van der Waals surface area contributed by atoms with Crippen molar-refractivity contribution < 1.29 is 18.8 Å². The normalized spacial score (nSPS) is 9.86. The molecule has 0 bridgehead atoms. The minimum absolute atomic E-state index is 0.286. The monoisotopic (exact) mass is 301 g/mol. The van der Waals surface area contributed by atoms with Crippen molar-refractivity contribution in [2.45, 2.75) is 0 Å². The standard InChI is InChI=1S/C15H12FN3O3/c16-10-3-7-12(8-4-10)19-15(22)14(21)18-11-5-1-9(2-6-11)13(17)20/h1-8H,(H2,17,20)(H,18,21)(H,19,22). The van der Waals surface area contributed by atoms with Crippen molar-refractivity contribution in [1.29, 1.82) is 0 Å². The van der Waals surface area contributed by atoms with E-state index in [1.807, 2.05) is 0 Å². The summed E-state index contributed by atoms with van der Waals surface area (Å²) in [5.41, 5.74) is 6.01. The van der Waals surface area contributed by atoms with Gasteiger partial charge in [0.25, 0.3) is 0 Å². The van der Waals surface area contributed by atoms with Gasteiger partial charge < -0.3 is 16.4 Å². The minimum atomic E-state index is -0.898. The van der Waals surface area contributed by atoms with Crippen molar-refractivity contribution in [3.63, 3.8) is 0 Å². The molecule has 112 valence electrons. The van der Waals surface area contributed by atoms with Gasteiger partial charge in [-0.25, -0.2) is 4.39 Å². The molecular formula is C15H12FN3O3. The molecule has 0 aromatic heterocycles. The minimum Gasteiger partial charge on any atom is -0.366 e. The Morgan fingerprint density at radius 3 is 1.59 bits per heavy atom. The zero-order valence-electron chi connectivity index (χ0n) is 11.3. The summed E-state index contributed by atoms with van der Waals surface area (Å²) in [6.45, 7) is 0. The number of amides is 3. The van der Waals surface area contributed by atoms with Crippen molar-refractivity contribution >= 4 is 29.1 Å². The summed E-state index contributed by atoms with van der Waals surface area (Å²) in [5, 5.41) is 4.69. The number of hydrogen-bond acceptors (Lipinski definition) is 3. The molecule has 2 aromatic rings. The number of primary amides is 1. The molecule has 0 aliphatic carbocycles. The van der Waals surface area contributed by atoms with Gasteiger partial charge in [-0.3, -0.25) is 14.4 Å². The molecule has 2 rings (SSSR count). The molecule has 0 unspecified atom stereocenters. The van der Waals surface area contributed by atoms with Crippen LogP contribution in [0.5, 0.6) is 0 Å². The van der Waals surface area contributed by atoms with E-state index < -0.39 is 23.5 Å². The third-order valence-electron chi connectivity index (χ3n) is 2.74. The predicted octanol–water partition coefficient (Wildman–Crippen LogP) is 1.50. The first-order valence-corrected chi connectivity index (χ1v) is 6.23. The molecule has 0 radical (unpaired) electrons. The Hall–Kier alpha value is -3.22. The average Bonchev–Trinajstić information content (AvgIpc) is 2.50. The molecule has 0 heterocycles. The van der Waals surface area contributed by atoms with Gasteiger partial charge in [0.2, 0.25) is 5.91 Å². The number of nitrogens with one attached hydrogen (secondary N) is 2. The molecular weight excluding hydrogens is 289 g/mol. The Kier molecular flexibility index (Phi) is 4.47. The lowest BCUT2D eigenvalue weighted by molar-refractivity contribution is -0.132. The fraction of sp³-hybridized carbons (Fsp3) is 0. The van der Waals surface area contributed by atoms with Gasteiger partial charge in [0.15, 0.2) is 0 Å². The van der Waals surface area contributed by atoms with E-state index in [1.54, 1.807) is 0 Å². The second-order valence-electron chi connectivity index (χ2n) is 4.36. The van der Waals surface area contributed by atoms with Crippen molar-refractivity contribution in [3.8, 4) is 0 Å². The summed E-state index contributed by atoms with van der Waals surface area (Å²) >= 11 is 0. The molecule has 0 saturated carbocycles. The van der Waals surface area contributed by atoms with Gasteiger partial charge in [-0.15, -0.1) is 0 Å². The molecule has 0 aliphatic rings. The fourth-order valence-corrected chi connectivity index (χ4v) is 1.63. The van der Waals surface area contributed by atoms with Crippen molar-refractivity contribution in [2.75, 3.05) is 10.6 Å². The maximum Gasteiger partial charge on any atom is 0.314 e. The maximum atomic E-state index is 12.7. The van der Waals surface area contributed by atoms with Gasteiger partial charge in [-0.2, -0.15) is 0 Å². The molecule has 0 atom stereocenters. The van der Waals surface area contributed by atoms with E-state index in [2.05, 4.69) is 10.6 Å². The number of anilines is 2. The zero-order valence-corrected chi connectivity index (χ0v) is 11.3. The van der Waals surface area contributed by atoms with Crippen LogP contribution in [-0.4, -0.2) is 17.7 Å². The lowest BCUT2D eigenvalue weighted by Crippen LogP contribution is -2.29. The molecule has 7 heteroatoms. The van der Waals surface area contributed by atoms with Crippen LogP contribution in [0.15, 0.2) is 48.5 Å². The summed E-state index contributed by atoms with van der Waals surface area (Å²) < 4.78 is 12.7. The van der Waals surface area contributed by atoms with Crippen LogP contribution in [0.25, 0.3) is 0 Å². The van der Waals surface area contributed by atoms with Gasteiger partial charge in [0, 0.05) is 16.9 Å². The molecule has 3 amide bonds. The number of benzene rings is 2. The van der Waals surface area contributed by atoms with Crippen LogP contribution in [0.3, 0.4) is 0 Å². The number of nitrogens with two attached hydrogens (primary N) is 1. The van der Waals surface area contributed by atoms with Crippen LogP contribution in [0.1, 0.15) is 10.4 Å². The third-order valence-corrected chi connectivity index (χ3v) is 2.74. The highest BCUT2D eigenvalue weighted by Crippen LogP contribution is 2.11. The lowest BCUT2D eigenvalue weighted by Gasteiger charge is -2.07. The molecule has 0 aliphatic heterocycles. The van der Waals surface area contributed by atoms with Gasteiger partial charge in [-0.05, 0) is 48.5 Å². The van der Waals surface area contributed by atoms with E-state index >= 15 is 0 Å². The summed E-state index contributed by atoms with van der Waals surface area (Å²) in [7, 11) is 0. The van der Waals surface area contributed by atoms with Crippen molar-refractivity contribution in [3.05, 3.63) is 59.9 Å². The highest BCUT2D eigenvalue weighted by atomic mass is 19.1. The topological polar surface area (TPSA) is 101 Å². The van der Waals surface area contributed by atoms with Crippen molar-refractivity contribution in [1.82, 2.24) is 0 Å². The summed E-state index contributed by atoms with van der Waals surface area (Å²) in [6.07, 6.45) is 0. The Bertz CT molecular complexity index is 712. The van der Waals surface area contributed by atoms with Crippen molar-refractivity contribution in [2.24, 2.45) is 5.73 Å². The molecule has 0 saturated heterocycles. The third kappa shape index (κ3) is 3.89. The number of halogens is 1. The van der Waals surface area contributed by atoms with E-state index in [0.717, 1.165) is 12.1 Å². The molecule has 0 spiro atoms. The van der Waals surface area contributed by atoms with Crippen LogP contribution in [-0.2, 0) is 9.59 Å². The van der Waals surface area contributed by atoms with Crippen LogP contribution in [0.4, 0.5) is 15.8 Å². The van der Waals surface area contributed by atoms with Gasteiger partial charge >= 0.3 is 11.8 Å². The van der Waals surface area contributed by atoms with E-state index in [9.17, 15) is 18.8 Å². The summed E-state index contributed by atoms with van der Waals surface area (Å²) in [5.74, 6) is -2.83. The van der Waals surface area contributed by atoms with Crippen LogP contribution in [0, 0.1) is 5.82 Å². The first-order valence-electron chi connectivity index (χ1n) is 6.23. The van der Waals surface area contributed by atoms with Crippen LogP contribution >= 0.6 is 0 Å². The lowest BCUT2D eigenvalue weighted by atomic mass is 10.2. The maximum absolute atomic E-state index is 12.7. The second-order valence-corrected chi connectivity index (χ2v) is 4.36. The van der Waals surface area contributed by atoms with Gasteiger partial charge in [0.1, 0.15) is 5.82 Å². The molecule has 0 fully saturated rings. The smallest absolute Gasteiger partial charge is 0.314 e.